The van der Waals surface area contributed by atoms with Crippen molar-refractivity contribution in [3.8, 4) is 11.5 Å². The minimum Gasteiger partial charge on any atom is -0.493 e. The molecule has 5 nitrogen and oxygen atoms in total. The molecule has 1 fully saturated rings. The Kier molecular flexibility index (Phi) is 8.31. The van der Waals surface area contributed by atoms with Crippen LogP contribution in [0.5, 0.6) is 11.5 Å². The summed E-state index contributed by atoms with van der Waals surface area (Å²) in [6.45, 7) is 8.29. The first-order valence-electron chi connectivity index (χ1n) is 10.3. The van der Waals surface area contributed by atoms with Crippen LogP contribution in [0.15, 0.2) is 50.8 Å². The third-order valence-corrected chi connectivity index (χ3v) is 6.69. The van der Waals surface area contributed by atoms with Crippen molar-refractivity contribution in [2.75, 3.05) is 7.11 Å². The van der Waals surface area contributed by atoms with Gasteiger partial charge in [-0.2, -0.15) is 0 Å². The number of hydrogen-bond acceptors (Lipinski definition) is 5. The normalized spacial score (nSPS) is 16.7. The van der Waals surface area contributed by atoms with Gasteiger partial charge in [0.05, 0.1) is 12.0 Å². The molecule has 0 aromatic heterocycles. The highest BCUT2D eigenvalue weighted by molar-refractivity contribution is 9.10. The van der Waals surface area contributed by atoms with E-state index in [1.165, 1.54) is 11.8 Å². The molecular formula is C24H26BrClN2O3S. The Morgan fingerprint density at radius 3 is 2.53 bits per heavy atom. The number of halogens is 2. The van der Waals surface area contributed by atoms with E-state index in [-0.39, 0.29) is 18.0 Å². The molecule has 0 bridgehead atoms. The Hall–Kier alpha value is -1.96. The van der Waals surface area contributed by atoms with Crippen LogP contribution in [0.3, 0.4) is 0 Å². The number of hydrogen-bond donors (Lipinski definition) is 0. The van der Waals surface area contributed by atoms with Crippen LogP contribution in [0.2, 0.25) is 5.02 Å². The van der Waals surface area contributed by atoms with Crippen molar-refractivity contribution in [2.45, 2.75) is 46.4 Å². The predicted molar refractivity (Wildman–Crippen MR) is 137 cm³/mol. The first-order chi connectivity index (χ1) is 15.2. The van der Waals surface area contributed by atoms with Crippen LogP contribution < -0.4 is 9.47 Å². The first-order valence-corrected chi connectivity index (χ1v) is 12.2. The summed E-state index contributed by atoms with van der Waals surface area (Å²) < 4.78 is 12.3. The summed E-state index contributed by atoms with van der Waals surface area (Å²) in [6, 6.07) is 11.4. The van der Waals surface area contributed by atoms with E-state index in [0.29, 0.717) is 28.0 Å². The van der Waals surface area contributed by atoms with E-state index < -0.39 is 0 Å². The fourth-order valence-corrected chi connectivity index (χ4v) is 4.95. The van der Waals surface area contributed by atoms with Gasteiger partial charge in [-0.25, -0.2) is 0 Å². The Labute approximate surface area is 207 Å². The Morgan fingerprint density at radius 2 is 1.91 bits per heavy atom. The number of amidine groups is 1. The van der Waals surface area contributed by atoms with Gasteiger partial charge in [-0.05, 0) is 69.3 Å². The molecule has 2 aromatic rings. The summed E-state index contributed by atoms with van der Waals surface area (Å²) in [7, 11) is 1.59. The Balaban J connectivity index is 1.89. The van der Waals surface area contributed by atoms with Crippen molar-refractivity contribution >= 4 is 56.4 Å². The van der Waals surface area contributed by atoms with Crippen molar-refractivity contribution in [1.82, 2.24) is 4.90 Å². The number of ether oxygens (including phenoxy) is 2. The van der Waals surface area contributed by atoms with E-state index in [1.54, 1.807) is 12.0 Å². The number of amides is 1. The summed E-state index contributed by atoms with van der Waals surface area (Å²) in [4.78, 5) is 20.0. The summed E-state index contributed by atoms with van der Waals surface area (Å²) in [6.07, 6.45) is 1.86. The van der Waals surface area contributed by atoms with E-state index in [1.807, 2.05) is 70.2 Å². The van der Waals surface area contributed by atoms with E-state index in [0.717, 1.165) is 20.8 Å². The van der Waals surface area contributed by atoms with Crippen molar-refractivity contribution in [3.63, 3.8) is 0 Å². The fraction of sp³-hybridized carbons (Fsp3) is 0.333. The zero-order chi connectivity index (χ0) is 23.4. The van der Waals surface area contributed by atoms with E-state index in [4.69, 9.17) is 21.1 Å². The lowest BCUT2D eigenvalue weighted by molar-refractivity contribution is -0.123. The van der Waals surface area contributed by atoms with Gasteiger partial charge in [-0.15, -0.1) is 0 Å². The highest BCUT2D eigenvalue weighted by atomic mass is 79.9. The SMILES string of the molecule is COc1cc(/C=C2/SC(=NC(C)C)N(C(C)C)C2=O)c(Br)cc1OCc1ccccc1Cl. The van der Waals surface area contributed by atoms with Crippen LogP contribution in [0.25, 0.3) is 6.08 Å². The van der Waals surface area contributed by atoms with Crippen LogP contribution >= 0.6 is 39.3 Å². The molecule has 0 N–H and O–H groups in total. The number of rotatable bonds is 7. The Bertz CT molecular complexity index is 1070. The molecule has 0 radical (unpaired) electrons. The van der Waals surface area contributed by atoms with Gasteiger partial charge in [0.25, 0.3) is 5.91 Å². The van der Waals surface area contributed by atoms with Crippen LogP contribution in [0.4, 0.5) is 0 Å². The topological polar surface area (TPSA) is 51.1 Å². The molecule has 0 aliphatic carbocycles. The molecule has 1 saturated heterocycles. The molecule has 0 unspecified atom stereocenters. The van der Waals surface area contributed by atoms with Gasteiger partial charge >= 0.3 is 0 Å². The van der Waals surface area contributed by atoms with Gasteiger partial charge in [-0.3, -0.25) is 14.7 Å². The largest absolute Gasteiger partial charge is 0.493 e. The number of methoxy groups -OCH3 is 1. The minimum absolute atomic E-state index is 0.0250. The number of thioether (sulfide) groups is 1. The lowest BCUT2D eigenvalue weighted by Crippen LogP contribution is -2.35. The first kappa shape index (κ1) is 24.7. The average Bonchev–Trinajstić information content (AvgIpc) is 3.03. The molecule has 1 amide bonds. The lowest BCUT2D eigenvalue weighted by atomic mass is 10.1. The predicted octanol–water partition coefficient (Wildman–Crippen LogP) is 6.78. The maximum Gasteiger partial charge on any atom is 0.266 e. The van der Waals surface area contributed by atoms with Crippen molar-refractivity contribution in [1.29, 1.82) is 0 Å². The van der Waals surface area contributed by atoms with Gasteiger partial charge in [0.1, 0.15) is 6.61 Å². The summed E-state index contributed by atoms with van der Waals surface area (Å²) in [5.74, 6) is 1.10. The molecule has 170 valence electrons. The molecule has 1 aliphatic rings. The quantitative estimate of drug-likeness (QED) is 0.365. The van der Waals surface area contributed by atoms with Crippen LogP contribution in [0, 0.1) is 0 Å². The van der Waals surface area contributed by atoms with Gasteiger partial charge in [0, 0.05) is 27.1 Å². The van der Waals surface area contributed by atoms with Gasteiger partial charge in [-0.1, -0.05) is 45.7 Å². The van der Waals surface area contributed by atoms with E-state index in [9.17, 15) is 4.79 Å². The highest BCUT2D eigenvalue weighted by Gasteiger charge is 2.35. The fourth-order valence-electron chi connectivity index (χ4n) is 3.10. The van der Waals surface area contributed by atoms with Crippen molar-refractivity contribution in [3.05, 3.63) is 61.9 Å². The lowest BCUT2D eigenvalue weighted by Gasteiger charge is -2.20. The molecule has 1 aliphatic heterocycles. The minimum atomic E-state index is -0.0469. The third kappa shape index (κ3) is 5.69. The molecule has 8 heteroatoms. The summed E-state index contributed by atoms with van der Waals surface area (Å²) in [5, 5.41) is 1.38. The van der Waals surface area contributed by atoms with Crippen molar-refractivity contribution in [2.24, 2.45) is 4.99 Å². The summed E-state index contributed by atoms with van der Waals surface area (Å²) in [5.41, 5.74) is 1.70. The number of aliphatic imine (C=N–C) groups is 1. The van der Waals surface area contributed by atoms with E-state index in [2.05, 4.69) is 20.9 Å². The maximum absolute atomic E-state index is 13.0. The highest BCUT2D eigenvalue weighted by Crippen LogP contribution is 2.39. The second-order valence-corrected chi connectivity index (χ2v) is 10.1. The molecule has 0 saturated carbocycles. The average molecular weight is 538 g/mol. The van der Waals surface area contributed by atoms with Crippen LogP contribution in [0.1, 0.15) is 38.8 Å². The maximum atomic E-state index is 13.0. The molecule has 0 spiro atoms. The van der Waals surface area contributed by atoms with Crippen LogP contribution in [-0.4, -0.2) is 35.2 Å². The van der Waals surface area contributed by atoms with Gasteiger partial charge in [0.15, 0.2) is 16.7 Å². The Morgan fingerprint density at radius 1 is 1.19 bits per heavy atom. The van der Waals surface area contributed by atoms with Crippen LogP contribution in [-0.2, 0) is 11.4 Å². The molecule has 3 rings (SSSR count). The van der Waals surface area contributed by atoms with Gasteiger partial charge in [0.2, 0.25) is 0 Å². The molecular weight excluding hydrogens is 512 g/mol. The number of carbonyl (C=O) groups excluding carboxylic acids is 1. The molecule has 2 aromatic carbocycles. The zero-order valence-electron chi connectivity index (χ0n) is 18.7. The van der Waals surface area contributed by atoms with E-state index >= 15 is 0 Å². The van der Waals surface area contributed by atoms with Gasteiger partial charge < -0.3 is 9.47 Å². The standard InChI is InChI=1S/C24H26BrClN2O3S/c1-14(2)27-24-28(15(3)4)23(29)22(32-24)11-17-10-20(30-5)21(12-18(17)25)31-13-16-8-6-7-9-19(16)26/h6-12,14-15H,13H2,1-5H3/b22-11+,27-24?. The molecule has 32 heavy (non-hydrogen) atoms. The number of carbonyl (C=O) groups is 1. The second kappa shape index (κ2) is 10.8. The second-order valence-electron chi connectivity index (χ2n) is 7.79. The number of benzene rings is 2. The zero-order valence-corrected chi connectivity index (χ0v) is 21.8. The third-order valence-electron chi connectivity index (χ3n) is 4.63. The smallest absolute Gasteiger partial charge is 0.266 e. The molecule has 1 heterocycles. The van der Waals surface area contributed by atoms with Crippen molar-refractivity contribution < 1.29 is 14.3 Å². The summed E-state index contributed by atoms with van der Waals surface area (Å²) >= 11 is 11.2. The monoisotopic (exact) mass is 536 g/mol. The number of nitrogens with zero attached hydrogens (tertiary/aromatic N) is 2. The molecule has 0 atom stereocenters.